The highest BCUT2D eigenvalue weighted by molar-refractivity contribution is 7.80. The maximum Gasteiger partial charge on any atom is 0.292 e. The predicted molar refractivity (Wildman–Crippen MR) is 108 cm³/mol. The van der Waals surface area contributed by atoms with Gasteiger partial charge in [-0.15, -0.1) is 0 Å². The molecule has 2 aromatic carbocycles. The van der Waals surface area contributed by atoms with E-state index in [1.807, 2.05) is 42.0 Å². The minimum atomic E-state index is -0.471. The molecule has 27 heavy (non-hydrogen) atoms. The number of aromatic nitrogens is 2. The van der Waals surface area contributed by atoms with Crippen LogP contribution < -0.4 is 10.7 Å². The molecule has 0 spiro atoms. The third-order valence-electron chi connectivity index (χ3n) is 3.76. The van der Waals surface area contributed by atoms with Gasteiger partial charge in [0.1, 0.15) is 5.69 Å². The van der Waals surface area contributed by atoms with Crippen LogP contribution in [0, 0.1) is 10.1 Å². The van der Waals surface area contributed by atoms with Gasteiger partial charge in [0.15, 0.2) is 5.11 Å². The van der Waals surface area contributed by atoms with Gasteiger partial charge >= 0.3 is 0 Å². The lowest BCUT2D eigenvalue weighted by atomic mass is 10.1. The molecule has 0 saturated heterocycles. The highest BCUT2D eigenvalue weighted by atomic mass is 32.1. The number of hydrogen-bond acceptors (Lipinski definition) is 5. The molecule has 0 fully saturated rings. The van der Waals surface area contributed by atoms with Crippen molar-refractivity contribution in [3.63, 3.8) is 0 Å². The predicted octanol–water partition coefficient (Wildman–Crippen LogP) is 3.49. The van der Waals surface area contributed by atoms with E-state index >= 15 is 0 Å². The van der Waals surface area contributed by atoms with Gasteiger partial charge in [-0.2, -0.15) is 5.10 Å². The van der Waals surface area contributed by atoms with E-state index in [1.54, 1.807) is 30.7 Å². The second kappa shape index (κ2) is 8.19. The second-order valence-corrected chi connectivity index (χ2v) is 5.96. The summed E-state index contributed by atoms with van der Waals surface area (Å²) in [6, 6.07) is 14.1. The van der Waals surface area contributed by atoms with E-state index in [2.05, 4.69) is 20.8 Å². The highest BCUT2D eigenvalue weighted by Crippen LogP contribution is 2.22. The molecule has 136 valence electrons. The van der Waals surface area contributed by atoms with Crippen LogP contribution in [0.2, 0.25) is 0 Å². The molecule has 1 heterocycles. The first-order valence-electron chi connectivity index (χ1n) is 7.98. The molecule has 9 heteroatoms. The number of benzene rings is 2. The number of thiocarbonyl (C=S) groups is 1. The molecule has 1 aromatic heterocycles. The number of nitrogens with one attached hydrogen (secondary N) is 2. The average molecular weight is 380 g/mol. The first-order valence-corrected chi connectivity index (χ1v) is 8.39. The maximum absolute atomic E-state index is 11.0. The van der Waals surface area contributed by atoms with Crippen molar-refractivity contribution in [3.8, 4) is 5.69 Å². The zero-order chi connectivity index (χ0) is 19.2. The van der Waals surface area contributed by atoms with Crippen LogP contribution >= 0.6 is 12.2 Å². The zero-order valence-electron chi connectivity index (χ0n) is 14.4. The van der Waals surface area contributed by atoms with Crippen LogP contribution in [-0.2, 0) is 0 Å². The smallest absolute Gasteiger partial charge is 0.292 e. The van der Waals surface area contributed by atoms with Gasteiger partial charge in [0.05, 0.1) is 17.0 Å². The third kappa shape index (κ3) is 4.53. The van der Waals surface area contributed by atoms with E-state index in [4.69, 9.17) is 12.2 Å². The molecular weight excluding hydrogens is 364 g/mol. The molecule has 0 bridgehead atoms. The Kier molecular flexibility index (Phi) is 5.53. The number of hydrazone groups is 1. The van der Waals surface area contributed by atoms with E-state index in [0.717, 1.165) is 17.0 Å². The maximum atomic E-state index is 11.0. The summed E-state index contributed by atoms with van der Waals surface area (Å²) in [6.45, 7) is 1.84. The summed E-state index contributed by atoms with van der Waals surface area (Å²) < 4.78 is 1.90. The largest absolute Gasteiger partial charge is 0.326 e. The van der Waals surface area contributed by atoms with Crippen LogP contribution in [0.1, 0.15) is 12.5 Å². The Labute approximate surface area is 160 Å². The van der Waals surface area contributed by atoms with Crippen LogP contribution in [0.4, 0.5) is 11.4 Å². The van der Waals surface area contributed by atoms with Gasteiger partial charge in [0.25, 0.3) is 5.69 Å². The Hall–Kier alpha value is -3.59. The van der Waals surface area contributed by atoms with E-state index in [0.29, 0.717) is 5.69 Å². The Bertz CT molecular complexity index is 983. The minimum absolute atomic E-state index is 0.0579. The summed E-state index contributed by atoms with van der Waals surface area (Å²) in [5, 5.41) is 18.2. The Balaban J connectivity index is 1.65. The quantitative estimate of drug-likeness (QED) is 0.304. The first kappa shape index (κ1) is 18.2. The summed E-state index contributed by atoms with van der Waals surface area (Å²) in [5.41, 5.74) is 5.58. The summed E-state index contributed by atoms with van der Waals surface area (Å²) >= 11 is 5.16. The van der Waals surface area contributed by atoms with Gasteiger partial charge in [-0.05, 0) is 42.9 Å². The molecule has 0 aliphatic carbocycles. The standard InChI is InChI=1S/C18H16N6O2S/c1-13(14-6-8-15(9-7-14)23-11-10-19-12-23)21-22-18(27)20-16-4-2-3-5-17(16)24(25)26/h2-12H,1H3,(H2,20,22,27)/b21-13-. The lowest BCUT2D eigenvalue weighted by Gasteiger charge is -2.09. The number of nitro groups is 1. The van der Waals surface area contributed by atoms with Gasteiger partial charge in [-0.25, -0.2) is 4.98 Å². The molecule has 0 atom stereocenters. The Morgan fingerprint density at radius 3 is 2.63 bits per heavy atom. The molecule has 2 N–H and O–H groups in total. The second-order valence-electron chi connectivity index (χ2n) is 5.55. The average Bonchev–Trinajstić information content (AvgIpc) is 3.21. The highest BCUT2D eigenvalue weighted by Gasteiger charge is 2.13. The third-order valence-corrected chi connectivity index (χ3v) is 3.96. The fourth-order valence-corrected chi connectivity index (χ4v) is 2.53. The van der Waals surface area contributed by atoms with E-state index in [9.17, 15) is 10.1 Å². The Morgan fingerprint density at radius 2 is 1.96 bits per heavy atom. The fraction of sp³-hybridized carbons (Fsp3) is 0.0556. The number of para-hydroxylation sites is 2. The van der Waals surface area contributed by atoms with Crippen molar-refractivity contribution in [3.05, 3.63) is 82.9 Å². The van der Waals surface area contributed by atoms with Crippen LogP contribution in [0.25, 0.3) is 5.69 Å². The number of hydrogen-bond donors (Lipinski definition) is 2. The van der Waals surface area contributed by atoms with E-state index in [1.165, 1.54) is 6.07 Å². The van der Waals surface area contributed by atoms with E-state index in [-0.39, 0.29) is 10.8 Å². The number of rotatable bonds is 5. The number of nitrogens with zero attached hydrogens (tertiary/aromatic N) is 4. The SMILES string of the molecule is C/C(=N/NC(=S)Nc1ccccc1[N+](=O)[O-])c1ccc(-n2ccnc2)cc1. The van der Waals surface area contributed by atoms with Gasteiger partial charge in [-0.1, -0.05) is 24.3 Å². The monoisotopic (exact) mass is 380 g/mol. The molecule has 0 saturated carbocycles. The fourth-order valence-electron chi connectivity index (χ4n) is 2.37. The van der Waals surface area contributed by atoms with Crippen LogP contribution in [0.15, 0.2) is 72.4 Å². The van der Waals surface area contributed by atoms with Gasteiger partial charge in [0.2, 0.25) is 0 Å². The molecule has 0 aliphatic heterocycles. The summed E-state index contributed by atoms with van der Waals surface area (Å²) in [6.07, 6.45) is 5.31. The summed E-state index contributed by atoms with van der Waals surface area (Å²) in [5.74, 6) is 0. The van der Waals surface area contributed by atoms with Crippen LogP contribution in [0.5, 0.6) is 0 Å². The lowest BCUT2D eigenvalue weighted by Crippen LogP contribution is -2.25. The normalized spacial score (nSPS) is 11.1. The van der Waals surface area contributed by atoms with Crippen molar-refractivity contribution in [2.24, 2.45) is 5.10 Å². The molecule has 0 unspecified atom stereocenters. The van der Waals surface area contributed by atoms with Crippen molar-refractivity contribution in [2.45, 2.75) is 6.92 Å². The summed E-state index contributed by atoms with van der Waals surface area (Å²) in [7, 11) is 0. The summed E-state index contributed by atoms with van der Waals surface area (Å²) in [4.78, 5) is 14.6. The topological polar surface area (TPSA) is 97.4 Å². The van der Waals surface area contributed by atoms with E-state index < -0.39 is 4.92 Å². The van der Waals surface area contributed by atoms with Crippen molar-refractivity contribution >= 4 is 34.4 Å². The van der Waals surface area contributed by atoms with Crippen molar-refractivity contribution in [1.29, 1.82) is 0 Å². The molecule has 0 radical (unpaired) electrons. The first-order chi connectivity index (χ1) is 13.0. The molecule has 3 rings (SSSR count). The number of nitro benzene ring substituents is 1. The van der Waals surface area contributed by atoms with Crippen LogP contribution in [0.3, 0.4) is 0 Å². The van der Waals surface area contributed by atoms with Gasteiger partial charge < -0.3 is 9.88 Å². The zero-order valence-corrected chi connectivity index (χ0v) is 15.2. The molecule has 0 aliphatic rings. The van der Waals surface area contributed by atoms with Gasteiger partial charge in [-0.3, -0.25) is 15.5 Å². The Morgan fingerprint density at radius 1 is 1.22 bits per heavy atom. The van der Waals surface area contributed by atoms with Crippen molar-refractivity contribution < 1.29 is 4.92 Å². The lowest BCUT2D eigenvalue weighted by molar-refractivity contribution is -0.383. The van der Waals surface area contributed by atoms with Crippen LogP contribution in [-0.4, -0.2) is 25.3 Å². The number of anilines is 1. The van der Waals surface area contributed by atoms with Gasteiger partial charge in [0, 0.05) is 24.1 Å². The minimum Gasteiger partial charge on any atom is -0.326 e. The number of imidazole rings is 1. The molecular formula is C18H16N6O2S. The molecule has 0 amide bonds. The van der Waals surface area contributed by atoms with Crippen molar-refractivity contribution in [1.82, 2.24) is 15.0 Å². The van der Waals surface area contributed by atoms with Crippen molar-refractivity contribution in [2.75, 3.05) is 5.32 Å². The molecule has 8 nitrogen and oxygen atoms in total. The molecule has 3 aromatic rings.